The highest BCUT2D eigenvalue weighted by Crippen LogP contribution is 2.37. The monoisotopic (exact) mass is 454 g/mol. The molecule has 31 heavy (non-hydrogen) atoms. The van der Waals surface area contributed by atoms with Crippen LogP contribution in [-0.2, 0) is 11.2 Å². The quantitative estimate of drug-likeness (QED) is 0.524. The van der Waals surface area contributed by atoms with E-state index in [0.29, 0.717) is 33.5 Å². The van der Waals surface area contributed by atoms with Gasteiger partial charge in [-0.3, -0.25) is 9.59 Å². The zero-order valence-electron chi connectivity index (χ0n) is 16.6. The molecule has 6 nitrogen and oxygen atoms in total. The molecule has 3 aromatic rings. The maximum absolute atomic E-state index is 12.5. The Morgan fingerprint density at radius 2 is 1.97 bits per heavy atom. The molecule has 2 heterocycles. The van der Waals surface area contributed by atoms with Gasteiger partial charge >= 0.3 is 0 Å². The first-order valence-electron chi connectivity index (χ1n) is 9.46. The number of ether oxygens (including phenoxy) is 2. The van der Waals surface area contributed by atoms with E-state index in [9.17, 15) is 9.59 Å². The summed E-state index contributed by atoms with van der Waals surface area (Å²) in [6.45, 7) is 2.04. The first-order chi connectivity index (χ1) is 14.9. The minimum Gasteiger partial charge on any atom is -0.454 e. The lowest BCUT2D eigenvalue weighted by molar-refractivity contribution is -0.111. The van der Waals surface area contributed by atoms with Crippen LogP contribution in [0.5, 0.6) is 11.5 Å². The largest absolute Gasteiger partial charge is 0.454 e. The third-order valence-electron chi connectivity index (χ3n) is 4.85. The van der Waals surface area contributed by atoms with Crippen molar-refractivity contribution < 1.29 is 19.1 Å². The molecule has 3 N–H and O–H groups in total. The molecule has 0 radical (unpaired) electrons. The molecule has 2 aromatic carbocycles. The molecule has 2 amide bonds. The molecule has 0 fully saturated rings. The summed E-state index contributed by atoms with van der Waals surface area (Å²) in [7, 11) is 0. The number of fused-ring (bicyclic) bond motifs is 1. The SMILES string of the molecule is Cc1c(Cc2ccc3c(c2)OCO3)sc(NC(=O)/C=C\c2ccccc2Cl)c1C(N)=O. The van der Waals surface area contributed by atoms with Crippen LogP contribution in [0.3, 0.4) is 0 Å². The van der Waals surface area contributed by atoms with E-state index in [-0.39, 0.29) is 12.7 Å². The zero-order valence-corrected chi connectivity index (χ0v) is 18.2. The predicted octanol–water partition coefficient (Wildman–Crippen LogP) is 4.78. The molecule has 4 rings (SSSR count). The van der Waals surface area contributed by atoms with E-state index < -0.39 is 5.91 Å². The van der Waals surface area contributed by atoms with Gasteiger partial charge in [-0.15, -0.1) is 11.3 Å². The highest BCUT2D eigenvalue weighted by atomic mass is 35.5. The van der Waals surface area contributed by atoms with E-state index >= 15 is 0 Å². The van der Waals surface area contributed by atoms with Crippen molar-refractivity contribution in [3.63, 3.8) is 0 Å². The fourth-order valence-corrected chi connectivity index (χ4v) is 4.73. The van der Waals surface area contributed by atoms with Gasteiger partial charge in [-0.05, 0) is 47.9 Å². The van der Waals surface area contributed by atoms with Crippen LogP contribution in [0.25, 0.3) is 6.08 Å². The first kappa shape index (κ1) is 21.0. The van der Waals surface area contributed by atoms with E-state index in [1.165, 1.54) is 17.4 Å². The zero-order chi connectivity index (χ0) is 22.0. The summed E-state index contributed by atoms with van der Waals surface area (Å²) in [5.41, 5.74) is 8.39. The van der Waals surface area contributed by atoms with Crippen LogP contribution in [0, 0.1) is 6.92 Å². The smallest absolute Gasteiger partial charge is 0.251 e. The normalized spacial score (nSPS) is 12.3. The molecule has 0 spiro atoms. The van der Waals surface area contributed by atoms with Crippen LogP contribution in [0.4, 0.5) is 5.00 Å². The number of hydrogen-bond acceptors (Lipinski definition) is 5. The van der Waals surface area contributed by atoms with Crippen molar-refractivity contribution >= 4 is 45.8 Å². The molecule has 158 valence electrons. The van der Waals surface area contributed by atoms with Crippen molar-refractivity contribution in [2.45, 2.75) is 13.3 Å². The molecule has 1 aliphatic rings. The van der Waals surface area contributed by atoms with Gasteiger partial charge in [0.2, 0.25) is 12.7 Å². The molecule has 0 atom stereocenters. The van der Waals surface area contributed by atoms with Crippen LogP contribution < -0.4 is 20.5 Å². The van der Waals surface area contributed by atoms with Gasteiger partial charge in [0, 0.05) is 22.4 Å². The molecule has 1 aliphatic heterocycles. The Bertz CT molecular complexity index is 1200. The van der Waals surface area contributed by atoms with Gasteiger partial charge in [0.15, 0.2) is 11.5 Å². The number of nitrogens with two attached hydrogens (primary N) is 1. The minimum atomic E-state index is -0.587. The topological polar surface area (TPSA) is 90.7 Å². The van der Waals surface area contributed by atoms with Gasteiger partial charge in [0.1, 0.15) is 5.00 Å². The number of carbonyl (C=O) groups is 2. The molecule has 8 heteroatoms. The average Bonchev–Trinajstić information content (AvgIpc) is 3.31. The lowest BCUT2D eigenvalue weighted by atomic mass is 10.1. The maximum Gasteiger partial charge on any atom is 0.251 e. The highest BCUT2D eigenvalue weighted by molar-refractivity contribution is 7.17. The van der Waals surface area contributed by atoms with Crippen molar-refractivity contribution in [1.29, 1.82) is 0 Å². The summed E-state index contributed by atoms with van der Waals surface area (Å²) in [6.07, 6.45) is 3.56. The van der Waals surface area contributed by atoms with Crippen LogP contribution in [-0.4, -0.2) is 18.6 Å². The van der Waals surface area contributed by atoms with Gasteiger partial charge in [-0.1, -0.05) is 35.9 Å². The molecular weight excluding hydrogens is 436 g/mol. The number of rotatable bonds is 6. The van der Waals surface area contributed by atoms with Crippen LogP contribution >= 0.6 is 22.9 Å². The van der Waals surface area contributed by atoms with Gasteiger partial charge in [0.25, 0.3) is 5.91 Å². The van der Waals surface area contributed by atoms with Crippen LogP contribution in [0.2, 0.25) is 5.02 Å². The Morgan fingerprint density at radius 3 is 2.74 bits per heavy atom. The van der Waals surface area contributed by atoms with E-state index in [2.05, 4.69) is 5.32 Å². The second-order valence-electron chi connectivity index (χ2n) is 6.93. The van der Waals surface area contributed by atoms with Crippen molar-refractivity contribution in [1.82, 2.24) is 0 Å². The summed E-state index contributed by atoms with van der Waals surface area (Å²) >= 11 is 7.44. The Kier molecular flexibility index (Phi) is 5.97. The summed E-state index contributed by atoms with van der Waals surface area (Å²) in [4.78, 5) is 25.5. The molecule has 0 bridgehead atoms. The number of carbonyl (C=O) groups excluding carboxylic acids is 2. The van der Waals surface area contributed by atoms with Gasteiger partial charge in [-0.25, -0.2) is 0 Å². The second kappa shape index (κ2) is 8.83. The summed E-state index contributed by atoms with van der Waals surface area (Å²) in [5, 5.41) is 3.74. The van der Waals surface area contributed by atoms with E-state index in [0.717, 1.165) is 21.6 Å². The number of thiophene rings is 1. The lowest BCUT2D eigenvalue weighted by Gasteiger charge is -2.03. The van der Waals surface area contributed by atoms with Gasteiger partial charge in [0.05, 0.1) is 5.56 Å². The Balaban J connectivity index is 1.56. The average molecular weight is 455 g/mol. The molecule has 0 aliphatic carbocycles. The molecule has 0 saturated heterocycles. The van der Waals surface area contributed by atoms with Crippen LogP contribution in [0.1, 0.15) is 31.9 Å². The lowest BCUT2D eigenvalue weighted by Crippen LogP contribution is -2.16. The number of nitrogens with one attached hydrogen (secondary N) is 1. The number of halogens is 1. The highest BCUT2D eigenvalue weighted by Gasteiger charge is 2.21. The van der Waals surface area contributed by atoms with E-state index in [1.807, 2.05) is 37.3 Å². The maximum atomic E-state index is 12.5. The van der Waals surface area contributed by atoms with Gasteiger partial charge < -0.3 is 20.5 Å². The Labute approximate surface area is 188 Å². The third-order valence-corrected chi connectivity index (χ3v) is 6.40. The van der Waals surface area contributed by atoms with E-state index in [1.54, 1.807) is 18.2 Å². The number of amides is 2. The Morgan fingerprint density at radius 1 is 1.19 bits per heavy atom. The fraction of sp³-hybridized carbons (Fsp3) is 0.130. The predicted molar refractivity (Wildman–Crippen MR) is 122 cm³/mol. The number of primary amides is 1. The summed E-state index contributed by atoms with van der Waals surface area (Å²) in [5.74, 6) is 0.442. The summed E-state index contributed by atoms with van der Waals surface area (Å²) < 4.78 is 10.8. The van der Waals surface area contributed by atoms with Crippen molar-refractivity contribution in [3.8, 4) is 11.5 Å². The van der Waals surface area contributed by atoms with Gasteiger partial charge in [-0.2, -0.15) is 0 Å². The first-order valence-corrected chi connectivity index (χ1v) is 10.7. The molecule has 0 unspecified atom stereocenters. The van der Waals surface area contributed by atoms with Crippen LogP contribution in [0.15, 0.2) is 48.5 Å². The molecule has 1 aromatic heterocycles. The Hall–Kier alpha value is -3.29. The second-order valence-corrected chi connectivity index (χ2v) is 8.44. The van der Waals surface area contributed by atoms with E-state index in [4.69, 9.17) is 26.8 Å². The van der Waals surface area contributed by atoms with Crippen molar-refractivity contribution in [3.05, 3.63) is 80.7 Å². The third kappa shape index (κ3) is 4.57. The van der Waals surface area contributed by atoms with Crippen molar-refractivity contribution in [2.24, 2.45) is 5.73 Å². The number of benzene rings is 2. The number of hydrogen-bond donors (Lipinski definition) is 2. The molecular formula is C23H19ClN2O4S. The summed E-state index contributed by atoms with van der Waals surface area (Å²) in [6, 6.07) is 12.9. The fourth-order valence-electron chi connectivity index (χ4n) is 3.28. The van der Waals surface area contributed by atoms with Crippen molar-refractivity contribution in [2.75, 3.05) is 12.1 Å². The number of anilines is 1. The molecule has 0 saturated carbocycles. The standard InChI is InChI=1S/C23H19ClN2O4S/c1-13-19(11-14-6-8-17-18(10-14)30-12-29-17)31-23(21(13)22(25)28)26-20(27)9-7-15-4-2-3-5-16(15)24/h2-10H,11-12H2,1H3,(H2,25,28)(H,26,27)/b9-7-. The minimum absolute atomic E-state index is 0.209.